The second-order valence-corrected chi connectivity index (χ2v) is 4.39. The monoisotopic (exact) mass is 255 g/mol. The van der Waals surface area contributed by atoms with E-state index in [1.807, 2.05) is 31.4 Å². The van der Waals surface area contributed by atoms with Crippen LogP contribution in [0.3, 0.4) is 0 Å². The molecular formula is C14H17N5. The van der Waals surface area contributed by atoms with Crippen molar-refractivity contribution in [3.63, 3.8) is 0 Å². The summed E-state index contributed by atoms with van der Waals surface area (Å²) < 4.78 is 1.79. The SMILES string of the molecule is CCc1nn(C)cc1Nc1ccc(N)c(CC#N)c1. The number of rotatable bonds is 4. The van der Waals surface area contributed by atoms with E-state index in [0.29, 0.717) is 12.1 Å². The minimum atomic E-state index is 0.315. The van der Waals surface area contributed by atoms with Crippen molar-refractivity contribution < 1.29 is 0 Å². The normalized spacial score (nSPS) is 10.2. The molecule has 0 fully saturated rings. The summed E-state index contributed by atoms with van der Waals surface area (Å²) in [5, 5.41) is 16.5. The van der Waals surface area contributed by atoms with Crippen molar-refractivity contribution in [2.45, 2.75) is 19.8 Å². The third-order valence-electron chi connectivity index (χ3n) is 2.93. The van der Waals surface area contributed by atoms with Gasteiger partial charge >= 0.3 is 0 Å². The zero-order chi connectivity index (χ0) is 13.8. The van der Waals surface area contributed by atoms with E-state index in [9.17, 15) is 0 Å². The predicted molar refractivity (Wildman–Crippen MR) is 76.0 cm³/mol. The number of nitrogens with zero attached hydrogens (tertiary/aromatic N) is 3. The first kappa shape index (κ1) is 13.0. The topological polar surface area (TPSA) is 79.7 Å². The van der Waals surface area contributed by atoms with Crippen molar-refractivity contribution in [1.29, 1.82) is 5.26 Å². The second kappa shape index (κ2) is 5.44. The summed E-state index contributed by atoms with van der Waals surface area (Å²) in [5.74, 6) is 0. The third kappa shape index (κ3) is 2.86. The summed E-state index contributed by atoms with van der Waals surface area (Å²) in [7, 11) is 1.90. The molecule has 0 radical (unpaired) electrons. The number of anilines is 3. The van der Waals surface area contributed by atoms with E-state index in [0.717, 1.165) is 29.1 Å². The second-order valence-electron chi connectivity index (χ2n) is 4.39. The minimum absolute atomic E-state index is 0.315. The van der Waals surface area contributed by atoms with Crippen molar-refractivity contribution in [2.24, 2.45) is 7.05 Å². The molecule has 1 heterocycles. The molecule has 98 valence electrons. The highest BCUT2D eigenvalue weighted by Crippen LogP contribution is 2.24. The molecule has 0 aliphatic heterocycles. The quantitative estimate of drug-likeness (QED) is 0.822. The first-order chi connectivity index (χ1) is 9.13. The van der Waals surface area contributed by atoms with Crippen LogP contribution in [0.4, 0.5) is 17.1 Å². The molecule has 5 heteroatoms. The molecule has 0 atom stereocenters. The number of hydrogen-bond donors (Lipinski definition) is 2. The van der Waals surface area contributed by atoms with Gasteiger partial charge in [0, 0.05) is 24.6 Å². The van der Waals surface area contributed by atoms with E-state index in [1.165, 1.54) is 0 Å². The van der Waals surface area contributed by atoms with Gasteiger partial charge < -0.3 is 11.1 Å². The summed E-state index contributed by atoms with van der Waals surface area (Å²) in [5.41, 5.74) is 10.2. The maximum absolute atomic E-state index is 8.77. The summed E-state index contributed by atoms with van der Waals surface area (Å²) in [6.07, 6.45) is 3.12. The summed E-state index contributed by atoms with van der Waals surface area (Å²) in [6.45, 7) is 2.07. The molecule has 19 heavy (non-hydrogen) atoms. The van der Waals surface area contributed by atoms with Gasteiger partial charge in [-0.25, -0.2) is 0 Å². The zero-order valence-electron chi connectivity index (χ0n) is 11.1. The van der Waals surface area contributed by atoms with Crippen molar-refractivity contribution in [3.8, 4) is 6.07 Å². The van der Waals surface area contributed by atoms with E-state index < -0.39 is 0 Å². The van der Waals surface area contributed by atoms with Crippen LogP contribution in [0.5, 0.6) is 0 Å². The van der Waals surface area contributed by atoms with Gasteiger partial charge in [0.1, 0.15) is 0 Å². The van der Waals surface area contributed by atoms with Crippen LogP contribution in [-0.4, -0.2) is 9.78 Å². The number of aryl methyl sites for hydroxylation is 2. The Morgan fingerprint density at radius 2 is 2.26 bits per heavy atom. The smallest absolute Gasteiger partial charge is 0.0856 e. The van der Waals surface area contributed by atoms with Gasteiger partial charge in [-0.3, -0.25) is 4.68 Å². The standard InChI is InChI=1S/C14H17N5/c1-3-13-14(9-19(2)18-13)17-11-4-5-12(16)10(8-11)6-7-15/h4-5,8-9,17H,3,6,16H2,1-2H3. The summed E-state index contributed by atoms with van der Waals surface area (Å²) in [6, 6.07) is 7.75. The van der Waals surface area contributed by atoms with E-state index in [1.54, 1.807) is 4.68 Å². The lowest BCUT2D eigenvalue weighted by atomic mass is 10.1. The molecule has 0 aliphatic rings. The van der Waals surface area contributed by atoms with Gasteiger partial charge in [-0.2, -0.15) is 10.4 Å². The van der Waals surface area contributed by atoms with Crippen LogP contribution < -0.4 is 11.1 Å². The molecule has 0 spiro atoms. The molecule has 0 amide bonds. The Balaban J connectivity index is 2.28. The average Bonchev–Trinajstić information content (AvgIpc) is 2.74. The van der Waals surface area contributed by atoms with Gasteiger partial charge in [0.25, 0.3) is 0 Å². The Morgan fingerprint density at radius 1 is 1.47 bits per heavy atom. The summed E-state index contributed by atoms with van der Waals surface area (Å²) in [4.78, 5) is 0. The van der Waals surface area contributed by atoms with E-state index in [4.69, 9.17) is 11.0 Å². The Hall–Kier alpha value is -2.48. The van der Waals surface area contributed by atoms with Crippen LogP contribution in [0.15, 0.2) is 24.4 Å². The molecule has 0 unspecified atom stereocenters. The number of nitrogens with one attached hydrogen (secondary N) is 1. The molecule has 1 aromatic carbocycles. The average molecular weight is 255 g/mol. The zero-order valence-corrected chi connectivity index (χ0v) is 11.1. The first-order valence-corrected chi connectivity index (χ1v) is 6.19. The molecule has 0 aliphatic carbocycles. The number of nitrogen functional groups attached to an aromatic ring is 1. The predicted octanol–water partition coefficient (Wildman–Crippen LogP) is 2.37. The van der Waals surface area contributed by atoms with Gasteiger partial charge in [0.2, 0.25) is 0 Å². The fourth-order valence-corrected chi connectivity index (χ4v) is 1.98. The van der Waals surface area contributed by atoms with Gasteiger partial charge in [-0.15, -0.1) is 0 Å². The van der Waals surface area contributed by atoms with Gasteiger partial charge in [-0.1, -0.05) is 6.92 Å². The van der Waals surface area contributed by atoms with Crippen LogP contribution in [0, 0.1) is 11.3 Å². The van der Waals surface area contributed by atoms with Crippen LogP contribution >= 0.6 is 0 Å². The van der Waals surface area contributed by atoms with Crippen LogP contribution in [0.25, 0.3) is 0 Å². The van der Waals surface area contributed by atoms with Crippen LogP contribution in [-0.2, 0) is 19.9 Å². The Morgan fingerprint density at radius 3 is 2.95 bits per heavy atom. The van der Waals surface area contributed by atoms with Gasteiger partial charge in [-0.05, 0) is 30.2 Å². The first-order valence-electron chi connectivity index (χ1n) is 6.19. The highest BCUT2D eigenvalue weighted by molar-refractivity contribution is 5.65. The number of nitriles is 1. The number of hydrogen-bond acceptors (Lipinski definition) is 4. The molecule has 0 bridgehead atoms. The lowest BCUT2D eigenvalue weighted by Crippen LogP contribution is -1.97. The van der Waals surface area contributed by atoms with Crippen molar-refractivity contribution in [1.82, 2.24) is 9.78 Å². The maximum atomic E-state index is 8.77. The number of benzene rings is 1. The molecule has 0 saturated carbocycles. The Kier molecular flexibility index (Phi) is 3.71. The molecule has 3 N–H and O–H groups in total. The highest BCUT2D eigenvalue weighted by Gasteiger charge is 2.07. The van der Waals surface area contributed by atoms with Crippen LogP contribution in [0.2, 0.25) is 0 Å². The fraction of sp³-hybridized carbons (Fsp3) is 0.286. The molecule has 2 rings (SSSR count). The largest absolute Gasteiger partial charge is 0.398 e. The number of aromatic nitrogens is 2. The highest BCUT2D eigenvalue weighted by atomic mass is 15.3. The van der Waals surface area contributed by atoms with Crippen molar-refractivity contribution in [2.75, 3.05) is 11.1 Å². The molecule has 2 aromatic rings. The molecule has 1 aromatic heterocycles. The van der Waals surface area contributed by atoms with E-state index in [-0.39, 0.29) is 0 Å². The summed E-state index contributed by atoms with van der Waals surface area (Å²) >= 11 is 0. The molecule has 0 saturated heterocycles. The molecule has 5 nitrogen and oxygen atoms in total. The van der Waals surface area contributed by atoms with Crippen molar-refractivity contribution >= 4 is 17.1 Å². The Labute approximate surface area is 112 Å². The fourth-order valence-electron chi connectivity index (χ4n) is 1.98. The lowest BCUT2D eigenvalue weighted by Gasteiger charge is -2.08. The lowest BCUT2D eigenvalue weighted by molar-refractivity contribution is 0.746. The van der Waals surface area contributed by atoms with E-state index >= 15 is 0 Å². The van der Waals surface area contributed by atoms with Crippen LogP contribution in [0.1, 0.15) is 18.2 Å². The Bertz CT molecular complexity index is 621. The number of nitrogens with two attached hydrogens (primary N) is 1. The van der Waals surface area contributed by atoms with Gasteiger partial charge in [0.05, 0.1) is 23.9 Å². The third-order valence-corrected chi connectivity index (χ3v) is 2.93. The maximum Gasteiger partial charge on any atom is 0.0856 e. The van der Waals surface area contributed by atoms with Crippen molar-refractivity contribution in [3.05, 3.63) is 35.7 Å². The van der Waals surface area contributed by atoms with E-state index in [2.05, 4.69) is 23.4 Å². The minimum Gasteiger partial charge on any atom is -0.398 e. The van der Waals surface area contributed by atoms with Gasteiger partial charge in [0.15, 0.2) is 0 Å². The molecular weight excluding hydrogens is 238 g/mol.